The number of hydrogen-bond donors (Lipinski definition) is 0. The van der Waals surface area contributed by atoms with Crippen LogP contribution in [0, 0.1) is 0 Å². The molecule has 4 nitrogen and oxygen atoms in total. The van der Waals surface area contributed by atoms with Gasteiger partial charge < -0.3 is 0 Å². The third-order valence-corrected chi connectivity index (χ3v) is 2.28. The first-order chi connectivity index (χ1) is 6.25. The van der Waals surface area contributed by atoms with Crippen LogP contribution in [0.25, 0.3) is 0 Å². The molecule has 0 heterocycles. The Kier molecular flexibility index (Phi) is 2.91. The quantitative estimate of drug-likeness (QED) is 0.365. The summed E-state index contributed by atoms with van der Waals surface area (Å²) < 4.78 is 0. The topological polar surface area (TPSA) is 58.9 Å². The minimum absolute atomic E-state index is 0.552. The first-order valence-electron chi connectivity index (χ1n) is 4.11. The SMILES string of the molecule is C=C1CCCCC1(N=C=O)N=C=O. The Balaban J connectivity index is 3.05. The Morgan fingerprint density at radius 3 is 2.31 bits per heavy atom. The molecule has 68 valence electrons. The van der Waals surface area contributed by atoms with E-state index < -0.39 is 5.66 Å². The van der Waals surface area contributed by atoms with Crippen molar-refractivity contribution in [1.29, 1.82) is 0 Å². The highest BCUT2D eigenvalue weighted by Crippen LogP contribution is 2.35. The minimum atomic E-state index is -1.05. The predicted octanol–water partition coefficient (Wildman–Crippen LogP) is 1.48. The molecule has 0 radical (unpaired) electrons. The fraction of sp³-hybridized carbons (Fsp3) is 0.556. The van der Waals surface area contributed by atoms with Gasteiger partial charge in [-0.25, -0.2) is 9.59 Å². The predicted molar refractivity (Wildman–Crippen MR) is 46.6 cm³/mol. The van der Waals surface area contributed by atoms with Crippen LogP contribution in [0.1, 0.15) is 25.7 Å². The lowest BCUT2D eigenvalue weighted by molar-refractivity contribution is 0.396. The molecule has 0 aromatic heterocycles. The van der Waals surface area contributed by atoms with E-state index in [1.807, 2.05) is 0 Å². The molecule has 0 atom stereocenters. The van der Waals surface area contributed by atoms with E-state index in [1.165, 1.54) is 12.2 Å². The van der Waals surface area contributed by atoms with Gasteiger partial charge in [-0.15, -0.1) is 0 Å². The average Bonchev–Trinajstić information content (AvgIpc) is 2.11. The van der Waals surface area contributed by atoms with Gasteiger partial charge in [0.2, 0.25) is 12.2 Å². The third kappa shape index (κ3) is 1.81. The van der Waals surface area contributed by atoms with E-state index in [9.17, 15) is 9.59 Å². The number of aliphatic imine (C=N–C) groups is 2. The highest BCUT2D eigenvalue weighted by Gasteiger charge is 2.34. The number of nitrogens with zero attached hydrogens (tertiary/aromatic N) is 2. The average molecular weight is 178 g/mol. The molecular formula is C9H10N2O2. The van der Waals surface area contributed by atoms with E-state index in [0.717, 1.165) is 19.3 Å². The molecule has 0 aromatic carbocycles. The van der Waals surface area contributed by atoms with Gasteiger partial charge in [0.25, 0.3) is 0 Å². The molecule has 1 fully saturated rings. The molecule has 1 saturated carbocycles. The molecule has 0 saturated heterocycles. The van der Waals surface area contributed by atoms with Gasteiger partial charge in [-0.05, 0) is 31.3 Å². The fourth-order valence-corrected chi connectivity index (χ4v) is 1.53. The van der Waals surface area contributed by atoms with Crippen LogP contribution in [0.2, 0.25) is 0 Å². The van der Waals surface area contributed by atoms with Crippen molar-refractivity contribution in [3.8, 4) is 0 Å². The van der Waals surface area contributed by atoms with Crippen LogP contribution >= 0.6 is 0 Å². The van der Waals surface area contributed by atoms with Crippen molar-refractivity contribution in [1.82, 2.24) is 0 Å². The molecule has 1 aliphatic carbocycles. The summed E-state index contributed by atoms with van der Waals surface area (Å²) in [6, 6.07) is 0. The molecule has 0 bridgehead atoms. The van der Waals surface area contributed by atoms with Gasteiger partial charge in [-0.2, -0.15) is 9.98 Å². The summed E-state index contributed by atoms with van der Waals surface area (Å²) in [7, 11) is 0. The lowest BCUT2D eigenvalue weighted by atomic mass is 9.86. The first-order valence-corrected chi connectivity index (χ1v) is 4.11. The van der Waals surface area contributed by atoms with Gasteiger partial charge in [-0.1, -0.05) is 6.58 Å². The molecule has 0 N–H and O–H groups in total. The molecule has 0 spiro atoms. The van der Waals surface area contributed by atoms with Crippen LogP contribution in [0.15, 0.2) is 22.1 Å². The van der Waals surface area contributed by atoms with Crippen LogP contribution in [0.5, 0.6) is 0 Å². The zero-order chi connectivity index (χ0) is 9.73. The van der Waals surface area contributed by atoms with E-state index in [4.69, 9.17) is 0 Å². The summed E-state index contributed by atoms with van der Waals surface area (Å²) in [5.74, 6) is 0. The molecule has 0 aromatic rings. The molecule has 0 unspecified atom stereocenters. The van der Waals surface area contributed by atoms with Crippen molar-refractivity contribution in [2.45, 2.75) is 31.3 Å². The lowest BCUT2D eigenvalue weighted by Crippen LogP contribution is -2.29. The third-order valence-electron chi connectivity index (χ3n) is 2.28. The summed E-state index contributed by atoms with van der Waals surface area (Å²) >= 11 is 0. The smallest absolute Gasteiger partial charge is 0.211 e. The Morgan fingerprint density at radius 1 is 1.23 bits per heavy atom. The summed E-state index contributed by atoms with van der Waals surface area (Å²) in [4.78, 5) is 27.5. The van der Waals surface area contributed by atoms with E-state index in [1.54, 1.807) is 0 Å². The van der Waals surface area contributed by atoms with Crippen molar-refractivity contribution >= 4 is 12.2 Å². The van der Waals surface area contributed by atoms with Gasteiger partial charge in [0.1, 0.15) is 0 Å². The molecule has 4 heteroatoms. The summed E-state index contributed by atoms with van der Waals surface area (Å²) in [6.07, 6.45) is 6.06. The van der Waals surface area contributed by atoms with Crippen molar-refractivity contribution in [2.24, 2.45) is 9.98 Å². The maximum atomic E-state index is 10.2. The summed E-state index contributed by atoms with van der Waals surface area (Å²) in [5, 5.41) is 0. The largest absolute Gasteiger partial charge is 0.237 e. The minimum Gasteiger partial charge on any atom is -0.211 e. The van der Waals surface area contributed by atoms with E-state index in [2.05, 4.69) is 16.6 Å². The van der Waals surface area contributed by atoms with Crippen LogP contribution in [-0.2, 0) is 9.59 Å². The Morgan fingerprint density at radius 2 is 1.85 bits per heavy atom. The molecule has 1 aliphatic rings. The van der Waals surface area contributed by atoms with Gasteiger partial charge in [0.05, 0.1) is 0 Å². The number of isocyanates is 2. The zero-order valence-electron chi connectivity index (χ0n) is 7.25. The summed E-state index contributed by atoms with van der Waals surface area (Å²) in [6.45, 7) is 3.76. The van der Waals surface area contributed by atoms with Gasteiger partial charge in [0.15, 0.2) is 5.66 Å². The Bertz CT molecular complexity index is 292. The normalized spacial score (nSPS) is 27.2. The lowest BCUT2D eigenvalue weighted by Gasteiger charge is -2.28. The van der Waals surface area contributed by atoms with Gasteiger partial charge >= 0.3 is 0 Å². The maximum absolute atomic E-state index is 10.2. The Hall–Kier alpha value is -1.50. The standard InChI is InChI=1S/C9H10N2O2/c1-8-4-2-3-5-9(8,10-6-12)11-7-13/h1-5H2. The van der Waals surface area contributed by atoms with Crippen molar-refractivity contribution < 1.29 is 9.59 Å². The number of carbonyl (C=O) groups excluding carboxylic acids is 2. The second kappa shape index (κ2) is 3.94. The van der Waals surface area contributed by atoms with Crippen LogP contribution in [0.4, 0.5) is 0 Å². The molecule has 0 amide bonds. The highest BCUT2D eigenvalue weighted by molar-refractivity contribution is 5.43. The monoisotopic (exact) mass is 178 g/mol. The maximum Gasteiger partial charge on any atom is 0.237 e. The fourth-order valence-electron chi connectivity index (χ4n) is 1.53. The number of hydrogen-bond acceptors (Lipinski definition) is 4. The molecular weight excluding hydrogens is 168 g/mol. The highest BCUT2D eigenvalue weighted by atomic mass is 16.1. The van der Waals surface area contributed by atoms with Gasteiger partial charge in [-0.3, -0.25) is 0 Å². The van der Waals surface area contributed by atoms with Crippen LogP contribution < -0.4 is 0 Å². The van der Waals surface area contributed by atoms with E-state index >= 15 is 0 Å². The Labute approximate surface area is 76.1 Å². The van der Waals surface area contributed by atoms with Crippen LogP contribution in [0.3, 0.4) is 0 Å². The van der Waals surface area contributed by atoms with Crippen molar-refractivity contribution in [3.05, 3.63) is 12.2 Å². The van der Waals surface area contributed by atoms with E-state index in [-0.39, 0.29) is 0 Å². The van der Waals surface area contributed by atoms with Crippen molar-refractivity contribution in [2.75, 3.05) is 0 Å². The molecule has 13 heavy (non-hydrogen) atoms. The second-order valence-electron chi connectivity index (χ2n) is 3.03. The van der Waals surface area contributed by atoms with Crippen LogP contribution in [-0.4, -0.2) is 17.8 Å². The van der Waals surface area contributed by atoms with E-state index in [0.29, 0.717) is 12.0 Å². The number of rotatable bonds is 2. The van der Waals surface area contributed by atoms with Gasteiger partial charge in [0, 0.05) is 0 Å². The first kappa shape index (κ1) is 9.59. The second-order valence-corrected chi connectivity index (χ2v) is 3.03. The molecule has 0 aliphatic heterocycles. The zero-order valence-corrected chi connectivity index (χ0v) is 7.25. The van der Waals surface area contributed by atoms with Crippen molar-refractivity contribution in [3.63, 3.8) is 0 Å². The summed E-state index contributed by atoms with van der Waals surface area (Å²) in [5.41, 5.74) is -0.354. The molecule has 1 rings (SSSR count).